The Bertz CT molecular complexity index is 496. The Kier molecular flexibility index (Phi) is 6.26. The van der Waals surface area contributed by atoms with Crippen molar-refractivity contribution in [1.29, 1.82) is 0 Å². The van der Waals surface area contributed by atoms with Gasteiger partial charge in [-0.25, -0.2) is 4.98 Å². The van der Waals surface area contributed by atoms with Gasteiger partial charge >= 0.3 is 0 Å². The minimum absolute atomic E-state index is 0.0112. The van der Waals surface area contributed by atoms with Crippen LogP contribution in [-0.4, -0.2) is 48.2 Å². The first-order valence-electron chi connectivity index (χ1n) is 8.04. The second-order valence-corrected chi connectivity index (χ2v) is 7.07. The zero-order chi connectivity index (χ0) is 16.0. The summed E-state index contributed by atoms with van der Waals surface area (Å²) >= 11 is 1.51. The summed E-state index contributed by atoms with van der Waals surface area (Å²) in [4.78, 5) is 19.1. The minimum Gasteiger partial charge on any atom is -0.350 e. The number of hydrogen-bond donors (Lipinski definition) is 1. The average Bonchev–Trinajstić information content (AvgIpc) is 2.79. The van der Waals surface area contributed by atoms with Crippen LogP contribution in [0.1, 0.15) is 48.9 Å². The molecule has 1 aliphatic rings. The summed E-state index contributed by atoms with van der Waals surface area (Å²) in [5, 5.41) is 3.95. The zero-order valence-corrected chi connectivity index (χ0v) is 14.7. The second kappa shape index (κ2) is 7.97. The molecule has 0 saturated heterocycles. The smallest absolute Gasteiger partial charge is 0.254 e. The fourth-order valence-electron chi connectivity index (χ4n) is 3.24. The van der Waals surface area contributed by atoms with Crippen LogP contribution in [0.4, 0.5) is 0 Å². The van der Waals surface area contributed by atoms with Gasteiger partial charge in [0.25, 0.3) is 5.91 Å². The molecule has 1 heterocycles. The molecule has 22 heavy (non-hydrogen) atoms. The van der Waals surface area contributed by atoms with E-state index >= 15 is 0 Å². The molecule has 0 radical (unpaired) electrons. The highest BCUT2D eigenvalue weighted by atomic mass is 32.2. The molecular weight excluding hydrogens is 294 g/mol. The van der Waals surface area contributed by atoms with Crippen molar-refractivity contribution in [3.63, 3.8) is 0 Å². The highest BCUT2D eigenvalue weighted by Gasteiger charge is 2.33. The second-order valence-electron chi connectivity index (χ2n) is 6.28. The Morgan fingerprint density at radius 2 is 2.00 bits per heavy atom. The van der Waals surface area contributed by atoms with Gasteiger partial charge in [0.2, 0.25) is 0 Å². The molecule has 0 atom stereocenters. The normalized spacial score (nSPS) is 18.0. The van der Waals surface area contributed by atoms with E-state index in [1.807, 2.05) is 18.4 Å². The predicted octanol–water partition coefficient (Wildman–Crippen LogP) is 3.19. The van der Waals surface area contributed by atoms with Crippen molar-refractivity contribution in [3.05, 3.63) is 23.9 Å². The Morgan fingerprint density at radius 3 is 2.59 bits per heavy atom. The summed E-state index contributed by atoms with van der Waals surface area (Å²) in [7, 11) is 4.27. The first-order valence-corrected chi connectivity index (χ1v) is 9.26. The lowest BCUT2D eigenvalue weighted by Gasteiger charge is -2.39. The van der Waals surface area contributed by atoms with E-state index < -0.39 is 0 Å². The maximum atomic E-state index is 12.5. The van der Waals surface area contributed by atoms with Gasteiger partial charge in [-0.2, -0.15) is 0 Å². The van der Waals surface area contributed by atoms with Crippen LogP contribution in [0.15, 0.2) is 23.4 Å². The number of rotatable bonds is 5. The van der Waals surface area contributed by atoms with Crippen LogP contribution < -0.4 is 5.32 Å². The maximum Gasteiger partial charge on any atom is 0.254 e. The molecule has 0 bridgehead atoms. The number of carbonyl (C=O) groups is 1. The van der Waals surface area contributed by atoms with Gasteiger partial charge in [-0.15, -0.1) is 11.8 Å². The maximum absolute atomic E-state index is 12.5. The average molecular weight is 321 g/mol. The fraction of sp³-hybridized carbons (Fsp3) is 0.647. The zero-order valence-electron chi connectivity index (χ0n) is 13.9. The Hall–Kier alpha value is -1.07. The van der Waals surface area contributed by atoms with E-state index in [4.69, 9.17) is 0 Å². The van der Waals surface area contributed by atoms with Gasteiger partial charge in [0.15, 0.2) is 0 Å². The number of hydrogen-bond acceptors (Lipinski definition) is 4. The van der Waals surface area contributed by atoms with Crippen molar-refractivity contribution < 1.29 is 4.79 Å². The van der Waals surface area contributed by atoms with Crippen LogP contribution in [0.3, 0.4) is 0 Å². The van der Waals surface area contributed by atoms with Crippen LogP contribution >= 0.6 is 11.8 Å². The molecule has 1 amide bonds. The van der Waals surface area contributed by atoms with Gasteiger partial charge in [-0.05, 0) is 45.3 Å². The molecular formula is C17H27N3OS. The lowest BCUT2D eigenvalue weighted by Crippen LogP contribution is -2.52. The summed E-state index contributed by atoms with van der Waals surface area (Å²) in [6.07, 6.45) is 11.1. The van der Waals surface area contributed by atoms with Gasteiger partial charge in [0.1, 0.15) is 5.03 Å². The summed E-state index contributed by atoms with van der Waals surface area (Å²) in [5.74, 6) is -0.0112. The number of likely N-dealkylation sites (N-methyl/N-ethyl adjacent to an activating group) is 1. The monoisotopic (exact) mass is 321 g/mol. The predicted molar refractivity (Wildman–Crippen MR) is 92.5 cm³/mol. The molecule has 0 aromatic carbocycles. The molecule has 1 N–H and O–H groups in total. The van der Waals surface area contributed by atoms with Crippen molar-refractivity contribution >= 4 is 17.7 Å². The minimum atomic E-state index is -0.0112. The van der Waals surface area contributed by atoms with Crippen LogP contribution in [0.5, 0.6) is 0 Å². The molecule has 1 aromatic heterocycles. The standard InChI is InChI=1S/C17H27N3OS/c1-20(2)17(10-6-4-5-7-11-17)13-19-15(21)14-9-8-12-18-16(14)22-3/h8-9,12H,4-7,10-11,13H2,1-3H3,(H,19,21). The van der Waals surface area contributed by atoms with Crippen molar-refractivity contribution in [2.75, 3.05) is 26.9 Å². The van der Waals surface area contributed by atoms with E-state index in [-0.39, 0.29) is 11.4 Å². The van der Waals surface area contributed by atoms with Crippen molar-refractivity contribution in [2.45, 2.75) is 49.1 Å². The molecule has 1 fully saturated rings. The van der Waals surface area contributed by atoms with Crippen molar-refractivity contribution in [2.24, 2.45) is 0 Å². The molecule has 1 aliphatic carbocycles. The Labute approximate surface area is 138 Å². The lowest BCUT2D eigenvalue weighted by molar-refractivity contribution is 0.0866. The molecule has 122 valence electrons. The number of carbonyl (C=O) groups excluding carboxylic acids is 1. The number of nitrogens with one attached hydrogen (secondary N) is 1. The van der Waals surface area contributed by atoms with Gasteiger partial charge < -0.3 is 10.2 Å². The molecule has 0 aliphatic heterocycles. The van der Waals surface area contributed by atoms with Gasteiger partial charge in [-0.1, -0.05) is 25.7 Å². The fourth-order valence-corrected chi connectivity index (χ4v) is 3.78. The van der Waals surface area contributed by atoms with E-state index in [0.29, 0.717) is 12.1 Å². The van der Waals surface area contributed by atoms with Gasteiger partial charge in [0, 0.05) is 18.3 Å². The summed E-state index contributed by atoms with van der Waals surface area (Å²) in [6, 6.07) is 3.67. The van der Waals surface area contributed by atoms with Crippen LogP contribution in [0.25, 0.3) is 0 Å². The SMILES string of the molecule is CSc1ncccc1C(=O)NCC1(N(C)C)CCCCCC1. The number of pyridine rings is 1. The largest absolute Gasteiger partial charge is 0.350 e. The van der Waals surface area contributed by atoms with E-state index in [1.54, 1.807) is 6.20 Å². The quantitative estimate of drug-likeness (QED) is 0.668. The van der Waals surface area contributed by atoms with E-state index in [9.17, 15) is 4.79 Å². The number of thioether (sulfide) groups is 1. The third-order valence-electron chi connectivity index (χ3n) is 4.77. The molecule has 0 unspecified atom stereocenters. The molecule has 2 rings (SSSR count). The van der Waals surface area contributed by atoms with Crippen molar-refractivity contribution in [1.82, 2.24) is 15.2 Å². The number of aromatic nitrogens is 1. The Morgan fingerprint density at radius 1 is 1.32 bits per heavy atom. The number of nitrogens with zero attached hydrogens (tertiary/aromatic N) is 2. The highest BCUT2D eigenvalue weighted by Crippen LogP contribution is 2.30. The van der Waals surface area contributed by atoms with Gasteiger partial charge in [0.05, 0.1) is 5.56 Å². The van der Waals surface area contributed by atoms with Crippen LogP contribution in [0.2, 0.25) is 0 Å². The van der Waals surface area contributed by atoms with Crippen molar-refractivity contribution in [3.8, 4) is 0 Å². The van der Waals surface area contributed by atoms with Crippen LogP contribution in [-0.2, 0) is 0 Å². The number of amides is 1. The molecule has 5 heteroatoms. The van der Waals surface area contributed by atoms with E-state index in [1.165, 1.54) is 37.4 Å². The van der Waals surface area contributed by atoms with Crippen LogP contribution in [0, 0.1) is 0 Å². The summed E-state index contributed by atoms with van der Waals surface area (Å²) < 4.78 is 0. The summed E-state index contributed by atoms with van der Waals surface area (Å²) in [6.45, 7) is 0.710. The third kappa shape index (κ3) is 4.02. The molecule has 1 aromatic rings. The highest BCUT2D eigenvalue weighted by molar-refractivity contribution is 7.98. The molecule has 4 nitrogen and oxygen atoms in total. The van der Waals surface area contributed by atoms with E-state index in [0.717, 1.165) is 17.9 Å². The summed E-state index contributed by atoms with van der Waals surface area (Å²) in [5.41, 5.74) is 0.769. The first kappa shape index (κ1) is 17.3. The lowest BCUT2D eigenvalue weighted by atomic mass is 9.88. The topological polar surface area (TPSA) is 45.2 Å². The first-order chi connectivity index (χ1) is 10.6. The molecule has 1 saturated carbocycles. The Balaban J connectivity index is 2.07. The third-order valence-corrected chi connectivity index (χ3v) is 5.48. The van der Waals surface area contributed by atoms with Gasteiger partial charge in [-0.3, -0.25) is 4.79 Å². The van der Waals surface area contributed by atoms with E-state index in [2.05, 4.69) is 29.3 Å². The molecule has 0 spiro atoms.